The Labute approximate surface area is 142 Å². The number of benzene rings is 2. The van der Waals surface area contributed by atoms with Crippen LogP contribution in [0.4, 0.5) is 0 Å². The van der Waals surface area contributed by atoms with Crippen LogP contribution in [-0.2, 0) is 13.0 Å². The Kier molecular flexibility index (Phi) is 4.93. The van der Waals surface area contributed by atoms with Gasteiger partial charge in [-0.3, -0.25) is 4.90 Å². The summed E-state index contributed by atoms with van der Waals surface area (Å²) < 4.78 is 0. The first kappa shape index (κ1) is 16.2. The lowest BCUT2D eigenvalue weighted by atomic mass is 9.98. The molecule has 2 aromatic rings. The lowest BCUT2D eigenvalue weighted by Gasteiger charge is -2.17. The summed E-state index contributed by atoms with van der Waals surface area (Å²) in [7, 11) is 0. The number of aromatic carboxylic acids is 1. The van der Waals surface area contributed by atoms with Crippen LogP contribution in [0, 0.1) is 17.2 Å². The third kappa shape index (κ3) is 3.81. The Morgan fingerprint density at radius 1 is 1.21 bits per heavy atom. The summed E-state index contributed by atoms with van der Waals surface area (Å²) in [6, 6.07) is 17.2. The third-order valence-corrected chi connectivity index (χ3v) is 4.63. The van der Waals surface area contributed by atoms with E-state index in [0.717, 1.165) is 43.6 Å². The first-order valence-corrected chi connectivity index (χ1v) is 8.18. The van der Waals surface area contributed by atoms with Crippen LogP contribution in [0.5, 0.6) is 0 Å². The highest BCUT2D eigenvalue weighted by Gasteiger charge is 2.23. The lowest BCUT2D eigenvalue weighted by Crippen LogP contribution is -2.21. The maximum atomic E-state index is 10.9. The molecule has 4 heteroatoms. The third-order valence-electron chi connectivity index (χ3n) is 4.63. The van der Waals surface area contributed by atoms with E-state index in [-0.39, 0.29) is 0 Å². The molecule has 1 unspecified atom stereocenters. The van der Waals surface area contributed by atoms with E-state index >= 15 is 0 Å². The summed E-state index contributed by atoms with van der Waals surface area (Å²) in [5.41, 5.74) is 3.36. The van der Waals surface area contributed by atoms with Gasteiger partial charge in [0.05, 0.1) is 17.2 Å². The van der Waals surface area contributed by atoms with Gasteiger partial charge in [0.25, 0.3) is 0 Å². The Morgan fingerprint density at radius 3 is 2.67 bits per heavy atom. The zero-order valence-corrected chi connectivity index (χ0v) is 13.5. The van der Waals surface area contributed by atoms with Crippen LogP contribution < -0.4 is 0 Å². The summed E-state index contributed by atoms with van der Waals surface area (Å²) in [4.78, 5) is 13.3. The van der Waals surface area contributed by atoms with Gasteiger partial charge >= 0.3 is 5.97 Å². The molecular formula is C20H20N2O2. The highest BCUT2D eigenvalue weighted by atomic mass is 16.4. The number of likely N-dealkylation sites (tertiary alicyclic amines) is 1. The van der Waals surface area contributed by atoms with E-state index in [2.05, 4.69) is 11.0 Å². The molecule has 0 aliphatic carbocycles. The van der Waals surface area contributed by atoms with Gasteiger partial charge in [0.2, 0.25) is 0 Å². The highest BCUT2D eigenvalue weighted by Crippen LogP contribution is 2.23. The maximum Gasteiger partial charge on any atom is 0.335 e. The first-order valence-electron chi connectivity index (χ1n) is 8.18. The molecule has 3 rings (SSSR count). The number of nitriles is 1. The largest absolute Gasteiger partial charge is 0.478 e. The smallest absolute Gasteiger partial charge is 0.335 e. The van der Waals surface area contributed by atoms with E-state index in [1.807, 2.05) is 36.4 Å². The second-order valence-electron chi connectivity index (χ2n) is 6.36. The summed E-state index contributed by atoms with van der Waals surface area (Å²) in [5.74, 6) is -0.306. The molecule has 1 atom stereocenters. The van der Waals surface area contributed by atoms with Crippen molar-refractivity contribution in [2.24, 2.45) is 5.92 Å². The van der Waals surface area contributed by atoms with Crippen molar-refractivity contribution in [1.82, 2.24) is 4.90 Å². The number of carbonyl (C=O) groups is 1. The van der Waals surface area contributed by atoms with Crippen molar-refractivity contribution in [3.05, 3.63) is 70.8 Å². The fourth-order valence-electron chi connectivity index (χ4n) is 3.35. The van der Waals surface area contributed by atoms with E-state index in [1.54, 1.807) is 12.1 Å². The molecule has 1 fully saturated rings. The number of hydrogen-bond acceptors (Lipinski definition) is 3. The fraction of sp³-hybridized carbons (Fsp3) is 0.300. The van der Waals surface area contributed by atoms with Crippen LogP contribution in [0.15, 0.2) is 48.5 Å². The maximum absolute atomic E-state index is 10.9. The molecule has 0 saturated carbocycles. The van der Waals surface area contributed by atoms with Crippen molar-refractivity contribution < 1.29 is 9.90 Å². The topological polar surface area (TPSA) is 64.3 Å². The van der Waals surface area contributed by atoms with Crippen molar-refractivity contribution in [2.45, 2.75) is 19.4 Å². The van der Waals surface area contributed by atoms with Crippen molar-refractivity contribution in [2.75, 3.05) is 13.1 Å². The van der Waals surface area contributed by atoms with Crippen LogP contribution in [-0.4, -0.2) is 29.1 Å². The van der Waals surface area contributed by atoms with Crippen LogP contribution >= 0.6 is 0 Å². The minimum atomic E-state index is -0.884. The minimum absolute atomic E-state index is 0.333. The molecule has 0 aromatic heterocycles. The molecule has 1 aliphatic rings. The first-order chi connectivity index (χ1) is 11.7. The van der Waals surface area contributed by atoms with Gasteiger partial charge in [0.1, 0.15) is 0 Å². The van der Waals surface area contributed by atoms with Gasteiger partial charge in [-0.1, -0.05) is 30.3 Å². The molecular weight excluding hydrogens is 300 g/mol. The van der Waals surface area contributed by atoms with Gasteiger partial charge in [-0.05, 0) is 54.6 Å². The van der Waals surface area contributed by atoms with Crippen LogP contribution in [0.25, 0.3) is 0 Å². The molecule has 4 nitrogen and oxygen atoms in total. The Balaban J connectivity index is 1.57. The standard InChI is InChI=1S/C20H20N2O2/c21-12-18-3-1-2-4-19(18)14-22-10-9-16(13-22)11-15-5-7-17(8-6-15)20(23)24/h1-8,16H,9-11,13-14H2,(H,23,24). The predicted octanol–water partition coefficient (Wildman–Crippen LogP) is 3.32. The van der Waals surface area contributed by atoms with Crippen LogP contribution in [0.1, 0.15) is 33.5 Å². The zero-order valence-electron chi connectivity index (χ0n) is 13.5. The molecule has 122 valence electrons. The SMILES string of the molecule is N#Cc1ccccc1CN1CCC(Cc2ccc(C(=O)O)cc2)C1. The average molecular weight is 320 g/mol. The highest BCUT2D eigenvalue weighted by molar-refractivity contribution is 5.87. The summed E-state index contributed by atoms with van der Waals surface area (Å²) >= 11 is 0. The van der Waals surface area contributed by atoms with Crippen molar-refractivity contribution in [1.29, 1.82) is 5.26 Å². The quantitative estimate of drug-likeness (QED) is 0.918. The van der Waals surface area contributed by atoms with Gasteiger partial charge in [0, 0.05) is 13.1 Å². The Bertz CT molecular complexity index is 762. The molecule has 24 heavy (non-hydrogen) atoms. The van der Waals surface area contributed by atoms with Crippen molar-refractivity contribution in [3.8, 4) is 6.07 Å². The van der Waals surface area contributed by atoms with E-state index in [0.29, 0.717) is 11.5 Å². The van der Waals surface area contributed by atoms with E-state index in [1.165, 1.54) is 5.56 Å². The predicted molar refractivity (Wildman–Crippen MR) is 91.6 cm³/mol. The number of rotatable bonds is 5. The van der Waals surface area contributed by atoms with Crippen LogP contribution in [0.2, 0.25) is 0 Å². The molecule has 0 amide bonds. The van der Waals surface area contributed by atoms with Gasteiger partial charge < -0.3 is 5.11 Å². The summed E-state index contributed by atoms with van der Waals surface area (Å²) in [5, 5.41) is 18.1. The number of carboxylic acids is 1. The molecule has 2 aromatic carbocycles. The number of carboxylic acid groups (broad SMARTS) is 1. The van der Waals surface area contributed by atoms with Crippen molar-refractivity contribution in [3.63, 3.8) is 0 Å². The summed E-state index contributed by atoms with van der Waals surface area (Å²) in [6.07, 6.45) is 2.10. The van der Waals surface area contributed by atoms with Gasteiger partial charge in [-0.25, -0.2) is 4.79 Å². The number of nitrogens with zero attached hydrogens (tertiary/aromatic N) is 2. The summed E-state index contributed by atoms with van der Waals surface area (Å²) in [6.45, 7) is 2.87. The van der Waals surface area contributed by atoms with Gasteiger partial charge in [-0.2, -0.15) is 5.26 Å². The molecule has 0 spiro atoms. The molecule has 1 N–H and O–H groups in total. The average Bonchev–Trinajstić information content (AvgIpc) is 3.03. The molecule has 0 bridgehead atoms. The lowest BCUT2D eigenvalue weighted by molar-refractivity contribution is 0.0697. The molecule has 1 saturated heterocycles. The van der Waals surface area contributed by atoms with E-state index in [9.17, 15) is 10.1 Å². The second-order valence-corrected chi connectivity index (χ2v) is 6.36. The van der Waals surface area contributed by atoms with Crippen molar-refractivity contribution >= 4 is 5.97 Å². The Hall–Kier alpha value is -2.64. The molecule has 0 radical (unpaired) electrons. The second kappa shape index (κ2) is 7.29. The van der Waals surface area contributed by atoms with Gasteiger partial charge in [-0.15, -0.1) is 0 Å². The van der Waals surface area contributed by atoms with Crippen LogP contribution in [0.3, 0.4) is 0 Å². The molecule has 1 aliphatic heterocycles. The van der Waals surface area contributed by atoms with Gasteiger partial charge in [0.15, 0.2) is 0 Å². The Morgan fingerprint density at radius 2 is 1.96 bits per heavy atom. The minimum Gasteiger partial charge on any atom is -0.478 e. The normalized spacial score (nSPS) is 17.5. The zero-order chi connectivity index (χ0) is 16.9. The van der Waals surface area contributed by atoms with E-state index < -0.39 is 5.97 Å². The molecule has 1 heterocycles. The fourth-order valence-corrected chi connectivity index (χ4v) is 3.35. The number of hydrogen-bond donors (Lipinski definition) is 1. The monoisotopic (exact) mass is 320 g/mol. The van der Waals surface area contributed by atoms with E-state index in [4.69, 9.17) is 5.11 Å².